The zero-order chi connectivity index (χ0) is 14.0. The minimum absolute atomic E-state index is 0.946. The van der Waals surface area contributed by atoms with Gasteiger partial charge in [0.1, 0.15) is 6.10 Å². The van der Waals surface area contributed by atoms with Gasteiger partial charge in [0.15, 0.2) is 11.7 Å². The van der Waals surface area contributed by atoms with Gasteiger partial charge < -0.3 is 34.5 Å². The highest BCUT2D eigenvalue weighted by Gasteiger charge is 2.41. The summed E-state index contributed by atoms with van der Waals surface area (Å²) in [4.78, 5) is 26.4. The molecule has 0 aromatic heterocycles. The molecular formula is C6H16O9P2. The Kier molecular flexibility index (Phi) is 5.94. The highest BCUT2D eigenvalue weighted by molar-refractivity contribution is 7.54. The van der Waals surface area contributed by atoms with Gasteiger partial charge in [0.25, 0.3) is 0 Å². The normalized spacial score (nSPS) is 23.5. The van der Waals surface area contributed by atoms with Crippen LogP contribution in [0.15, 0.2) is 0 Å². The molecule has 17 heavy (non-hydrogen) atoms. The van der Waals surface area contributed by atoms with Gasteiger partial charge in [-0.2, -0.15) is 0 Å². The van der Waals surface area contributed by atoms with Crippen LogP contribution >= 0.6 is 15.2 Å². The average molecular weight is 294 g/mol. The van der Waals surface area contributed by atoms with E-state index in [1.165, 1.54) is 0 Å². The lowest BCUT2D eigenvalue weighted by Gasteiger charge is -2.26. The number of aliphatic hydroxyl groups is 3. The molecule has 0 aromatic carbocycles. The monoisotopic (exact) mass is 294 g/mol. The Morgan fingerprint density at radius 3 is 1.65 bits per heavy atom. The van der Waals surface area contributed by atoms with Crippen LogP contribution in [0.3, 0.4) is 0 Å². The summed E-state index contributed by atoms with van der Waals surface area (Å²) in [5.74, 6) is -4.43. The van der Waals surface area contributed by atoms with Gasteiger partial charge in [-0.15, -0.1) is 0 Å². The first-order chi connectivity index (χ1) is 7.39. The lowest BCUT2D eigenvalue weighted by Crippen LogP contribution is -2.30. The summed E-state index contributed by atoms with van der Waals surface area (Å²) in [5.41, 5.74) is 0. The van der Waals surface area contributed by atoms with Crippen molar-refractivity contribution >= 4 is 15.2 Å². The van der Waals surface area contributed by atoms with Crippen molar-refractivity contribution in [3.05, 3.63) is 0 Å². The summed E-state index contributed by atoms with van der Waals surface area (Å²) in [6.45, 7) is 1.97. The van der Waals surface area contributed by atoms with Crippen molar-refractivity contribution in [3.8, 4) is 0 Å². The van der Waals surface area contributed by atoms with Crippen LogP contribution in [0.2, 0.25) is 0 Å². The van der Waals surface area contributed by atoms with Gasteiger partial charge in [0, 0.05) is 0 Å². The summed E-state index contributed by atoms with van der Waals surface area (Å²) in [6.07, 6.45) is -3.27. The quantitative estimate of drug-likeness (QED) is 0.329. The van der Waals surface area contributed by atoms with Crippen LogP contribution in [0.1, 0.15) is 13.8 Å². The van der Waals surface area contributed by atoms with Crippen LogP contribution in [-0.2, 0) is 13.7 Å². The Morgan fingerprint density at radius 1 is 0.941 bits per heavy atom. The maximum absolute atomic E-state index is 11.4. The van der Waals surface area contributed by atoms with Crippen molar-refractivity contribution < 1.29 is 43.7 Å². The van der Waals surface area contributed by atoms with Gasteiger partial charge >= 0.3 is 15.2 Å². The van der Waals surface area contributed by atoms with Crippen molar-refractivity contribution in [2.75, 3.05) is 0 Å². The van der Waals surface area contributed by atoms with E-state index in [-0.39, 0.29) is 0 Å². The van der Waals surface area contributed by atoms with Gasteiger partial charge in [-0.05, 0) is 13.8 Å². The van der Waals surface area contributed by atoms with Crippen molar-refractivity contribution in [3.63, 3.8) is 0 Å². The molecule has 5 unspecified atom stereocenters. The second-order valence-electron chi connectivity index (χ2n) is 3.53. The van der Waals surface area contributed by atoms with Crippen molar-refractivity contribution in [2.45, 2.75) is 37.7 Å². The van der Waals surface area contributed by atoms with E-state index in [4.69, 9.17) is 25.1 Å². The molecule has 0 amide bonds. The topological polar surface area (TPSA) is 165 Å². The molecule has 104 valence electrons. The van der Waals surface area contributed by atoms with Crippen molar-refractivity contribution in [1.29, 1.82) is 0 Å². The van der Waals surface area contributed by atoms with Crippen LogP contribution in [0.5, 0.6) is 0 Å². The van der Waals surface area contributed by atoms with E-state index in [1.54, 1.807) is 0 Å². The van der Waals surface area contributed by atoms with E-state index >= 15 is 0 Å². The summed E-state index contributed by atoms with van der Waals surface area (Å²) in [7, 11) is -9.62. The van der Waals surface area contributed by atoms with E-state index in [2.05, 4.69) is 4.52 Å². The number of hydrogen-bond acceptors (Lipinski definition) is 6. The predicted octanol–water partition coefficient (Wildman–Crippen LogP) is -1.23. The molecule has 0 fully saturated rings. The van der Waals surface area contributed by atoms with Crippen LogP contribution in [-0.4, -0.2) is 53.9 Å². The van der Waals surface area contributed by atoms with Gasteiger partial charge in [0.05, 0.1) is 6.10 Å². The summed E-state index contributed by atoms with van der Waals surface area (Å²) < 4.78 is 26.3. The molecule has 9 nitrogen and oxygen atoms in total. The average Bonchev–Trinajstić information content (AvgIpc) is 2.12. The van der Waals surface area contributed by atoms with Crippen LogP contribution in [0, 0.1) is 0 Å². The third-order valence-electron chi connectivity index (χ3n) is 1.85. The Hall–Kier alpha value is 0.180. The lowest BCUT2D eigenvalue weighted by molar-refractivity contribution is 0.0309. The van der Waals surface area contributed by atoms with Gasteiger partial charge in [-0.1, -0.05) is 0 Å². The highest BCUT2D eigenvalue weighted by Crippen LogP contribution is 2.52. The first-order valence-electron chi connectivity index (χ1n) is 4.50. The van der Waals surface area contributed by atoms with E-state index in [0.717, 1.165) is 13.8 Å². The largest absolute Gasteiger partial charge is 0.390 e. The van der Waals surface area contributed by atoms with E-state index in [1.807, 2.05) is 0 Å². The molecule has 0 aliphatic rings. The van der Waals surface area contributed by atoms with E-state index in [0.29, 0.717) is 0 Å². The zero-order valence-electron chi connectivity index (χ0n) is 9.11. The Labute approximate surface area is 97.4 Å². The van der Waals surface area contributed by atoms with Gasteiger partial charge in [0.2, 0.25) is 0 Å². The molecule has 0 bridgehead atoms. The van der Waals surface area contributed by atoms with E-state index < -0.39 is 39.1 Å². The summed E-state index contributed by atoms with van der Waals surface area (Å²) in [6, 6.07) is 0. The minimum Gasteiger partial charge on any atom is -0.390 e. The molecule has 0 rings (SSSR count). The predicted molar refractivity (Wildman–Crippen MR) is 56.1 cm³/mol. The Bertz CT molecular complexity index is 336. The molecule has 0 radical (unpaired) electrons. The number of hydrogen-bond donors (Lipinski definition) is 6. The number of rotatable bonds is 6. The Morgan fingerprint density at radius 2 is 1.35 bits per heavy atom. The SMILES string of the molecule is CC(O)C(O)P(=O)(O)OC(C)C(O)P(=O)(O)O. The molecule has 0 saturated heterocycles. The first-order valence-corrected chi connectivity index (χ1v) is 7.82. The lowest BCUT2D eigenvalue weighted by atomic mass is 10.4. The highest BCUT2D eigenvalue weighted by atomic mass is 31.2. The fourth-order valence-corrected chi connectivity index (χ4v) is 2.87. The van der Waals surface area contributed by atoms with Gasteiger partial charge in [-0.3, -0.25) is 9.13 Å². The Balaban J connectivity index is 4.74. The molecule has 6 N–H and O–H groups in total. The fraction of sp³-hybridized carbons (Fsp3) is 1.00. The standard InChI is InChI=1S/C6H16O9P2/c1-3(7)5(8)17(13,14)15-4(2)6(9)16(10,11)12/h3-9H,1-2H3,(H,13,14)(H2,10,11,12). The molecule has 0 heterocycles. The second-order valence-corrected chi connectivity index (χ2v) is 7.11. The van der Waals surface area contributed by atoms with E-state index in [9.17, 15) is 14.0 Å². The first kappa shape index (κ1) is 17.2. The van der Waals surface area contributed by atoms with Gasteiger partial charge in [-0.25, -0.2) is 0 Å². The molecule has 0 saturated carbocycles. The van der Waals surface area contributed by atoms with Crippen LogP contribution < -0.4 is 0 Å². The molecule has 11 heteroatoms. The fourth-order valence-electron chi connectivity index (χ4n) is 0.901. The molecule has 0 aliphatic heterocycles. The van der Waals surface area contributed by atoms with Crippen LogP contribution in [0.25, 0.3) is 0 Å². The maximum atomic E-state index is 11.4. The third-order valence-corrected chi connectivity index (χ3v) is 4.69. The van der Waals surface area contributed by atoms with Crippen LogP contribution in [0.4, 0.5) is 0 Å². The zero-order valence-corrected chi connectivity index (χ0v) is 10.9. The molecule has 0 spiro atoms. The third kappa shape index (κ3) is 5.13. The van der Waals surface area contributed by atoms with Crippen molar-refractivity contribution in [1.82, 2.24) is 0 Å². The molecule has 0 aliphatic carbocycles. The molecular weight excluding hydrogens is 278 g/mol. The second kappa shape index (κ2) is 5.88. The summed E-state index contributed by atoms with van der Waals surface area (Å²) >= 11 is 0. The van der Waals surface area contributed by atoms with Crippen molar-refractivity contribution in [2.24, 2.45) is 0 Å². The summed E-state index contributed by atoms with van der Waals surface area (Å²) in [5, 5.41) is 27.1. The molecule has 0 aromatic rings. The minimum atomic E-state index is -4.90. The maximum Gasteiger partial charge on any atom is 0.359 e. The molecule has 5 atom stereocenters. The smallest absolute Gasteiger partial charge is 0.359 e. The number of aliphatic hydroxyl groups excluding tert-OH is 3.